The summed E-state index contributed by atoms with van der Waals surface area (Å²) in [6.07, 6.45) is 0. The van der Waals surface area contributed by atoms with Gasteiger partial charge in [0, 0.05) is 38.1 Å². The van der Waals surface area contributed by atoms with E-state index in [1.54, 1.807) is 0 Å². The molecule has 0 unspecified atom stereocenters. The van der Waals surface area contributed by atoms with Crippen LogP contribution in [0.15, 0.2) is 140 Å². The molecule has 0 aliphatic carbocycles. The van der Waals surface area contributed by atoms with E-state index in [0.29, 0.717) is 17.6 Å². The third kappa shape index (κ3) is 3.44. The molecule has 48 heavy (non-hydrogen) atoms. The first-order valence-corrected chi connectivity index (χ1v) is 16.0. The summed E-state index contributed by atoms with van der Waals surface area (Å²) in [5.74, 6) is 1.82. The topological polar surface area (TPSA) is 73.8 Å². The molecular weight excluding hydrogens is 591 g/mol. The summed E-state index contributed by atoms with van der Waals surface area (Å²) in [4.78, 5) is 25.5. The summed E-state index contributed by atoms with van der Waals surface area (Å²) in [7, 11) is 0. The third-order valence-electron chi connectivity index (χ3n) is 9.49. The molecule has 11 rings (SSSR count). The van der Waals surface area contributed by atoms with E-state index in [1.165, 1.54) is 10.8 Å². The second-order valence-electron chi connectivity index (χ2n) is 12.2. The van der Waals surface area contributed by atoms with E-state index in [4.69, 9.17) is 24.9 Å². The Balaban J connectivity index is 1.29. The lowest BCUT2D eigenvalue weighted by atomic mass is 10.1. The van der Waals surface area contributed by atoms with Crippen molar-refractivity contribution in [2.45, 2.75) is 0 Å². The van der Waals surface area contributed by atoms with Gasteiger partial charge >= 0.3 is 0 Å². The Morgan fingerprint density at radius 3 is 1.75 bits per heavy atom. The lowest BCUT2D eigenvalue weighted by Gasteiger charge is -2.11. The smallest absolute Gasteiger partial charge is 0.238 e. The number of nitrogens with zero attached hydrogens (tertiary/aromatic N) is 7. The van der Waals surface area contributed by atoms with Crippen LogP contribution in [0.3, 0.4) is 0 Å². The molecular formula is C41H23N7. The maximum atomic E-state index is 5.17. The van der Waals surface area contributed by atoms with Gasteiger partial charge in [0.15, 0.2) is 17.3 Å². The Kier molecular flexibility index (Phi) is 4.99. The Morgan fingerprint density at radius 1 is 0.396 bits per heavy atom. The van der Waals surface area contributed by atoms with Crippen LogP contribution in [0.1, 0.15) is 0 Å². The Labute approximate surface area is 272 Å². The molecule has 5 heterocycles. The summed E-state index contributed by atoms with van der Waals surface area (Å²) in [5.41, 5.74) is 9.65. The highest BCUT2D eigenvalue weighted by Gasteiger charge is 2.23. The Bertz CT molecular complexity index is 2990. The maximum absolute atomic E-state index is 5.17. The van der Waals surface area contributed by atoms with Crippen molar-refractivity contribution in [3.63, 3.8) is 0 Å². The zero-order valence-electron chi connectivity index (χ0n) is 25.4. The van der Waals surface area contributed by atoms with Crippen molar-refractivity contribution in [1.29, 1.82) is 0 Å². The van der Waals surface area contributed by atoms with Gasteiger partial charge in [0.1, 0.15) is 5.52 Å². The highest BCUT2D eigenvalue weighted by molar-refractivity contribution is 6.25. The molecule has 0 atom stereocenters. The van der Waals surface area contributed by atoms with Gasteiger partial charge in [-0.3, -0.25) is 8.97 Å². The molecule has 0 aliphatic rings. The molecule has 0 spiro atoms. The van der Waals surface area contributed by atoms with Crippen molar-refractivity contribution >= 4 is 71.2 Å². The number of fused-ring (bicyclic) bond motifs is 10. The normalized spacial score (nSPS) is 12.2. The van der Waals surface area contributed by atoms with Gasteiger partial charge in [-0.1, -0.05) is 109 Å². The summed E-state index contributed by atoms with van der Waals surface area (Å²) in [6, 6.07) is 47.9. The number of rotatable bonds is 3. The van der Waals surface area contributed by atoms with Gasteiger partial charge in [-0.05, 0) is 30.3 Å². The summed E-state index contributed by atoms with van der Waals surface area (Å²) < 4.78 is 4.47. The van der Waals surface area contributed by atoms with Gasteiger partial charge in [-0.2, -0.15) is 9.97 Å². The Hall–Kier alpha value is -6.73. The number of aromatic nitrogens is 7. The fraction of sp³-hybridized carbons (Fsp3) is 0. The van der Waals surface area contributed by atoms with E-state index in [9.17, 15) is 0 Å². The number of hydrogen-bond donors (Lipinski definition) is 0. The van der Waals surface area contributed by atoms with E-state index in [1.807, 2.05) is 84.9 Å². The van der Waals surface area contributed by atoms with Crippen LogP contribution >= 0.6 is 0 Å². The third-order valence-corrected chi connectivity index (χ3v) is 9.49. The van der Waals surface area contributed by atoms with Crippen LogP contribution in [-0.2, 0) is 0 Å². The van der Waals surface area contributed by atoms with Gasteiger partial charge in [0.25, 0.3) is 0 Å². The predicted molar refractivity (Wildman–Crippen MR) is 193 cm³/mol. The van der Waals surface area contributed by atoms with Gasteiger partial charge in [-0.15, -0.1) is 0 Å². The molecule has 5 aromatic heterocycles. The van der Waals surface area contributed by atoms with E-state index >= 15 is 0 Å². The fourth-order valence-corrected chi connectivity index (χ4v) is 7.38. The highest BCUT2D eigenvalue weighted by Crippen LogP contribution is 2.42. The van der Waals surface area contributed by atoms with E-state index in [0.717, 1.165) is 71.5 Å². The van der Waals surface area contributed by atoms with Crippen molar-refractivity contribution in [3.05, 3.63) is 140 Å². The first-order valence-electron chi connectivity index (χ1n) is 16.0. The first kappa shape index (κ1) is 25.5. The van der Waals surface area contributed by atoms with Crippen LogP contribution < -0.4 is 0 Å². The lowest BCUT2D eigenvalue weighted by molar-refractivity contribution is 0.953. The molecule has 6 aromatic carbocycles. The minimum absolute atomic E-state index is 0.567. The molecule has 0 bridgehead atoms. The van der Waals surface area contributed by atoms with Crippen LogP contribution in [0.5, 0.6) is 0 Å². The van der Waals surface area contributed by atoms with Crippen molar-refractivity contribution < 1.29 is 0 Å². The molecule has 0 amide bonds. The van der Waals surface area contributed by atoms with Crippen LogP contribution in [0, 0.1) is 0 Å². The lowest BCUT2D eigenvalue weighted by Crippen LogP contribution is -2.06. The van der Waals surface area contributed by atoms with E-state index in [-0.39, 0.29) is 0 Å². The molecule has 0 N–H and O–H groups in total. The number of para-hydroxylation sites is 4. The summed E-state index contributed by atoms with van der Waals surface area (Å²) in [5, 5.41) is 5.73. The average Bonchev–Trinajstić information content (AvgIpc) is 3.78. The maximum Gasteiger partial charge on any atom is 0.238 e. The van der Waals surface area contributed by atoms with E-state index in [2.05, 4.69) is 63.6 Å². The second-order valence-corrected chi connectivity index (χ2v) is 12.2. The zero-order chi connectivity index (χ0) is 31.3. The van der Waals surface area contributed by atoms with Gasteiger partial charge < -0.3 is 0 Å². The molecule has 0 fully saturated rings. The summed E-state index contributed by atoms with van der Waals surface area (Å²) >= 11 is 0. The van der Waals surface area contributed by atoms with Gasteiger partial charge in [-0.25, -0.2) is 15.0 Å². The van der Waals surface area contributed by atoms with Crippen LogP contribution in [0.2, 0.25) is 0 Å². The minimum atomic E-state index is 0.567. The zero-order valence-corrected chi connectivity index (χ0v) is 25.4. The molecule has 0 saturated heterocycles. The average molecular weight is 614 g/mol. The highest BCUT2D eigenvalue weighted by atomic mass is 15.2. The largest absolute Gasteiger partial charge is 0.291 e. The quantitative estimate of drug-likeness (QED) is 0.199. The predicted octanol–water partition coefficient (Wildman–Crippen LogP) is 9.40. The number of hydrogen-bond acceptors (Lipinski definition) is 5. The standard InChI is InChI=1S/C41H23N7/c1-3-12-24(13-4-1)38-44-39(25-14-5-2-6-15-25)46-41(45-38)47-33-21-10-7-16-26(33)29-22-30-27-17-11-18-28-36-40(43-32-20-9-8-19-31(32)42-36)48(37(27)28)35(30)23-34(29)47/h1-23H. The van der Waals surface area contributed by atoms with Crippen molar-refractivity contribution in [2.75, 3.05) is 0 Å². The van der Waals surface area contributed by atoms with E-state index < -0.39 is 0 Å². The van der Waals surface area contributed by atoms with Crippen molar-refractivity contribution in [2.24, 2.45) is 0 Å². The minimum Gasteiger partial charge on any atom is -0.291 e. The van der Waals surface area contributed by atoms with Crippen molar-refractivity contribution in [1.82, 2.24) is 33.9 Å². The number of benzene rings is 6. The molecule has 0 radical (unpaired) electrons. The molecule has 0 saturated carbocycles. The van der Waals surface area contributed by atoms with Gasteiger partial charge in [0.2, 0.25) is 5.95 Å². The van der Waals surface area contributed by atoms with Gasteiger partial charge in [0.05, 0.1) is 33.1 Å². The van der Waals surface area contributed by atoms with Crippen LogP contribution in [-0.4, -0.2) is 33.9 Å². The van der Waals surface area contributed by atoms with Crippen molar-refractivity contribution in [3.8, 4) is 28.7 Å². The van der Waals surface area contributed by atoms with Crippen LogP contribution in [0.25, 0.3) is 99.9 Å². The fourth-order valence-electron chi connectivity index (χ4n) is 7.38. The molecule has 7 heteroatoms. The molecule has 11 aromatic rings. The Morgan fingerprint density at radius 2 is 1.00 bits per heavy atom. The first-order chi connectivity index (χ1) is 23.8. The molecule has 222 valence electrons. The van der Waals surface area contributed by atoms with Crippen LogP contribution in [0.4, 0.5) is 0 Å². The summed E-state index contributed by atoms with van der Waals surface area (Å²) in [6.45, 7) is 0. The monoisotopic (exact) mass is 613 g/mol. The molecule has 7 nitrogen and oxygen atoms in total. The second kappa shape index (κ2) is 9.40. The SMILES string of the molecule is c1ccc(-c2nc(-c3ccccc3)nc(-n3c4ccccc4c4cc5c6cccc7c8nc9ccccc9nc8n(c5cc43)c67)n2)cc1. The molecule has 0 aliphatic heterocycles.